The lowest BCUT2D eigenvalue weighted by Gasteiger charge is -2.47. The van der Waals surface area contributed by atoms with Gasteiger partial charge in [-0.05, 0) is 68.9 Å². The standard InChI is InChI=1S/C30H34F3N3O4S2/c1-4-42(38,39)24-8-5-21(6-9-24)7-10-25(37)26-16-22-15-19(2)40-29(27(22)41-26)11-13-36(14-12-29)20(3)23-17-34-28(35-18-23)30(31,32)33/h5-6,8-9,16-20H,4,7,10-15H2,1-3H3/t19-,20+/m1/s1. The molecule has 226 valence electrons. The van der Waals surface area contributed by atoms with Crippen molar-refractivity contribution in [2.24, 2.45) is 0 Å². The first-order valence-corrected chi connectivity index (χ1v) is 16.6. The van der Waals surface area contributed by atoms with Gasteiger partial charge in [0, 0.05) is 48.4 Å². The van der Waals surface area contributed by atoms with Crippen LogP contribution < -0.4 is 0 Å². The summed E-state index contributed by atoms with van der Waals surface area (Å²) in [6, 6.07) is 8.60. The summed E-state index contributed by atoms with van der Waals surface area (Å²) in [5.74, 6) is -1.05. The summed E-state index contributed by atoms with van der Waals surface area (Å²) in [5, 5.41) is 0. The Bertz CT molecular complexity index is 1530. The van der Waals surface area contributed by atoms with Crippen molar-refractivity contribution in [2.45, 2.75) is 81.7 Å². The fourth-order valence-electron chi connectivity index (χ4n) is 5.83. The van der Waals surface area contributed by atoms with E-state index in [-0.39, 0.29) is 23.7 Å². The quantitative estimate of drug-likeness (QED) is 0.278. The summed E-state index contributed by atoms with van der Waals surface area (Å²) in [6.07, 6.45) is 0.918. The van der Waals surface area contributed by atoms with E-state index in [0.29, 0.717) is 54.1 Å². The third-order valence-corrected chi connectivity index (χ3v) is 11.5. The number of ether oxygens (including phenoxy) is 1. The number of ketones is 1. The van der Waals surface area contributed by atoms with E-state index < -0.39 is 27.4 Å². The first kappa shape index (κ1) is 30.8. The van der Waals surface area contributed by atoms with E-state index in [2.05, 4.69) is 14.9 Å². The molecule has 4 heterocycles. The van der Waals surface area contributed by atoms with E-state index >= 15 is 0 Å². The highest BCUT2D eigenvalue weighted by molar-refractivity contribution is 7.91. The van der Waals surface area contributed by atoms with E-state index in [0.717, 1.165) is 22.4 Å². The average Bonchev–Trinajstić information content (AvgIpc) is 3.41. The highest BCUT2D eigenvalue weighted by Crippen LogP contribution is 2.48. The van der Waals surface area contributed by atoms with Crippen LogP contribution in [0.15, 0.2) is 47.6 Å². The molecule has 1 spiro atoms. The number of hydrogen-bond donors (Lipinski definition) is 0. The zero-order chi connectivity index (χ0) is 30.3. The molecule has 0 bridgehead atoms. The number of aromatic nitrogens is 2. The zero-order valence-electron chi connectivity index (χ0n) is 23.8. The number of alkyl halides is 3. The van der Waals surface area contributed by atoms with Gasteiger partial charge in [-0.2, -0.15) is 13.2 Å². The molecule has 2 aliphatic rings. The van der Waals surface area contributed by atoms with Gasteiger partial charge < -0.3 is 4.74 Å². The number of rotatable bonds is 8. The highest BCUT2D eigenvalue weighted by Gasteiger charge is 2.45. The van der Waals surface area contributed by atoms with Crippen molar-refractivity contribution in [3.8, 4) is 0 Å². The molecular weight excluding hydrogens is 587 g/mol. The van der Waals surface area contributed by atoms with Crippen molar-refractivity contribution in [2.75, 3.05) is 18.8 Å². The molecule has 2 aliphatic heterocycles. The van der Waals surface area contributed by atoms with Crippen molar-refractivity contribution in [3.63, 3.8) is 0 Å². The summed E-state index contributed by atoms with van der Waals surface area (Å²) < 4.78 is 69.3. The zero-order valence-corrected chi connectivity index (χ0v) is 25.4. The predicted molar refractivity (Wildman–Crippen MR) is 153 cm³/mol. The van der Waals surface area contributed by atoms with Crippen LogP contribution in [-0.4, -0.2) is 54.0 Å². The van der Waals surface area contributed by atoms with Crippen LogP contribution in [0.3, 0.4) is 0 Å². The molecule has 0 N–H and O–H groups in total. The van der Waals surface area contributed by atoms with Crippen LogP contribution in [0.5, 0.6) is 0 Å². The number of nitrogens with zero attached hydrogens (tertiary/aromatic N) is 3. The maximum absolute atomic E-state index is 13.2. The van der Waals surface area contributed by atoms with Crippen molar-refractivity contribution in [3.05, 3.63) is 75.0 Å². The Kier molecular flexibility index (Phi) is 8.63. The topological polar surface area (TPSA) is 89.5 Å². The van der Waals surface area contributed by atoms with Gasteiger partial charge in [0.1, 0.15) is 5.60 Å². The van der Waals surface area contributed by atoms with Gasteiger partial charge in [-0.25, -0.2) is 18.4 Å². The van der Waals surface area contributed by atoms with Gasteiger partial charge in [-0.1, -0.05) is 19.1 Å². The van der Waals surface area contributed by atoms with Gasteiger partial charge >= 0.3 is 6.18 Å². The van der Waals surface area contributed by atoms with E-state index in [1.807, 2.05) is 19.9 Å². The second kappa shape index (κ2) is 11.8. The minimum atomic E-state index is -4.57. The number of hydrogen-bond acceptors (Lipinski definition) is 8. The molecule has 2 atom stereocenters. The summed E-state index contributed by atoms with van der Waals surface area (Å²) in [4.78, 5) is 24.6. The van der Waals surface area contributed by atoms with Gasteiger partial charge in [-0.15, -0.1) is 11.3 Å². The molecule has 0 saturated carbocycles. The highest BCUT2D eigenvalue weighted by atomic mass is 32.2. The van der Waals surface area contributed by atoms with Crippen LogP contribution in [0.4, 0.5) is 13.2 Å². The third-order valence-electron chi connectivity index (χ3n) is 8.30. The minimum absolute atomic E-state index is 0.000234. The maximum atomic E-state index is 13.2. The molecule has 1 fully saturated rings. The minimum Gasteiger partial charge on any atom is -0.366 e. The van der Waals surface area contributed by atoms with E-state index in [1.54, 1.807) is 31.2 Å². The van der Waals surface area contributed by atoms with Crippen molar-refractivity contribution in [1.29, 1.82) is 0 Å². The largest absolute Gasteiger partial charge is 0.451 e. The van der Waals surface area contributed by atoms with Crippen LogP contribution in [-0.2, 0) is 39.2 Å². The average molecular weight is 622 g/mol. The molecule has 1 saturated heterocycles. The number of carbonyl (C=O) groups is 1. The molecule has 12 heteroatoms. The number of sulfone groups is 1. The lowest BCUT2D eigenvalue weighted by Crippen LogP contribution is -2.48. The van der Waals surface area contributed by atoms with Crippen LogP contribution in [0.2, 0.25) is 0 Å². The monoisotopic (exact) mass is 621 g/mol. The first-order valence-electron chi connectivity index (χ1n) is 14.1. The molecule has 7 nitrogen and oxygen atoms in total. The molecule has 0 unspecified atom stereocenters. The Labute approximate surface area is 248 Å². The third kappa shape index (κ3) is 6.31. The smallest absolute Gasteiger partial charge is 0.366 e. The van der Waals surface area contributed by atoms with Gasteiger partial charge in [0.25, 0.3) is 0 Å². The first-order chi connectivity index (χ1) is 19.8. The fraction of sp³-hybridized carbons (Fsp3) is 0.500. The SMILES string of the molecule is CCS(=O)(=O)c1ccc(CCC(=O)c2cc3c(s2)C2(CCN([C@@H](C)c4cnc(C(F)(F)F)nc4)CC2)O[C@H](C)C3)cc1. The van der Waals surface area contributed by atoms with Crippen molar-refractivity contribution in [1.82, 2.24) is 14.9 Å². The Morgan fingerprint density at radius 3 is 2.40 bits per heavy atom. The number of halogens is 3. The summed E-state index contributed by atoms with van der Waals surface area (Å²) >= 11 is 1.51. The van der Waals surface area contributed by atoms with Gasteiger partial charge in [0.2, 0.25) is 5.82 Å². The normalized spacial score (nSPS) is 19.9. The summed E-state index contributed by atoms with van der Waals surface area (Å²) in [5.41, 5.74) is 2.19. The number of fused-ring (bicyclic) bond motifs is 2. The van der Waals surface area contributed by atoms with Crippen molar-refractivity contribution < 1.29 is 31.1 Å². The number of Topliss-reactive ketones (excluding diaryl/α,β-unsaturated/α-hetero) is 1. The molecule has 0 aliphatic carbocycles. The Balaban J connectivity index is 1.25. The van der Waals surface area contributed by atoms with Crippen molar-refractivity contribution >= 4 is 27.0 Å². The Hall–Kier alpha value is -2.67. The van der Waals surface area contributed by atoms with Gasteiger partial charge in [0.15, 0.2) is 15.6 Å². The van der Waals surface area contributed by atoms with Crippen LogP contribution >= 0.6 is 11.3 Å². The predicted octanol–water partition coefficient (Wildman–Crippen LogP) is 6.18. The Morgan fingerprint density at radius 2 is 1.81 bits per heavy atom. The lowest BCUT2D eigenvalue weighted by molar-refractivity contribution is -0.145. The fourth-order valence-corrected chi connectivity index (χ4v) is 8.07. The van der Waals surface area contributed by atoms with Gasteiger partial charge in [0.05, 0.1) is 21.6 Å². The van der Waals surface area contributed by atoms with Gasteiger partial charge in [-0.3, -0.25) is 9.69 Å². The second-order valence-electron chi connectivity index (χ2n) is 11.1. The molecule has 42 heavy (non-hydrogen) atoms. The van der Waals surface area contributed by atoms with E-state index in [9.17, 15) is 26.4 Å². The molecule has 0 radical (unpaired) electrons. The summed E-state index contributed by atoms with van der Waals surface area (Å²) in [6.45, 7) is 6.96. The molecule has 0 amide bonds. The Morgan fingerprint density at radius 1 is 1.17 bits per heavy atom. The molecular formula is C30H34F3N3O4S2. The van der Waals surface area contributed by atoms with E-state index in [1.165, 1.54) is 23.7 Å². The number of carbonyl (C=O) groups excluding carboxylic acids is 1. The molecule has 5 rings (SSSR count). The number of thiophene rings is 1. The van der Waals surface area contributed by atoms with Crippen LogP contribution in [0, 0.1) is 0 Å². The molecule has 3 aromatic rings. The number of piperidine rings is 1. The number of likely N-dealkylation sites (tertiary alicyclic amines) is 1. The maximum Gasteiger partial charge on any atom is 0.451 e. The van der Waals surface area contributed by atoms with Crippen LogP contribution in [0.1, 0.15) is 83.1 Å². The van der Waals surface area contributed by atoms with Crippen LogP contribution in [0.25, 0.3) is 0 Å². The summed E-state index contributed by atoms with van der Waals surface area (Å²) in [7, 11) is -3.26. The van der Waals surface area contributed by atoms with E-state index in [4.69, 9.17) is 4.74 Å². The number of aryl methyl sites for hydroxylation is 1. The lowest BCUT2D eigenvalue weighted by atomic mass is 9.83. The molecule has 2 aromatic heterocycles. The number of benzene rings is 1. The second-order valence-corrected chi connectivity index (χ2v) is 14.4. The molecule has 1 aromatic carbocycles.